The molecule has 5 nitrogen and oxygen atoms in total. The molecule has 4 rings (SSSR count). The Morgan fingerprint density at radius 2 is 1.07 bits per heavy atom. The molecule has 0 spiro atoms. The summed E-state index contributed by atoms with van der Waals surface area (Å²) in [4.78, 5) is 18.9. The van der Waals surface area contributed by atoms with Gasteiger partial charge in [0, 0.05) is 52.1 Å². The normalized spacial score (nSPS) is 26.7. The lowest BCUT2D eigenvalue weighted by atomic mass is 9.57. The number of nitrogens with zero attached hydrogens (tertiary/aromatic N) is 4. The van der Waals surface area contributed by atoms with Gasteiger partial charge in [0.2, 0.25) is 0 Å². The van der Waals surface area contributed by atoms with Gasteiger partial charge in [0.1, 0.15) is 0 Å². The van der Waals surface area contributed by atoms with Crippen molar-refractivity contribution in [1.82, 2.24) is 9.80 Å². The Hall–Kier alpha value is -2.99. The number of fused-ring (bicyclic) bond motifs is 2. The van der Waals surface area contributed by atoms with Crippen molar-refractivity contribution in [2.75, 3.05) is 39.3 Å². The lowest BCUT2D eigenvalue weighted by Crippen LogP contribution is -2.73. The Morgan fingerprint density at radius 1 is 0.700 bits per heavy atom. The Kier molecular flexibility index (Phi) is 5.68. The van der Waals surface area contributed by atoms with Crippen LogP contribution in [0.3, 0.4) is 0 Å². The maximum Gasteiger partial charge on any atom is 0.159 e. The molecule has 2 aliphatic heterocycles. The molecule has 2 aromatic carbocycles. The molecule has 0 aromatic heterocycles. The van der Waals surface area contributed by atoms with Crippen molar-refractivity contribution in [3.63, 3.8) is 0 Å². The molecule has 0 unspecified atom stereocenters. The molecule has 2 aliphatic rings. The summed E-state index contributed by atoms with van der Waals surface area (Å²) in [7, 11) is 0. The first-order valence-electron chi connectivity index (χ1n) is 10.5. The first-order chi connectivity index (χ1) is 14.6. The number of benzene rings is 2. The van der Waals surface area contributed by atoms with E-state index in [0.29, 0.717) is 52.1 Å². The van der Waals surface area contributed by atoms with E-state index in [1.165, 1.54) is 0 Å². The third kappa shape index (κ3) is 3.41. The second-order valence-corrected chi connectivity index (χ2v) is 8.46. The summed E-state index contributed by atoms with van der Waals surface area (Å²) in [5.74, 6) is 0.272. The van der Waals surface area contributed by atoms with Crippen LogP contribution in [0.2, 0.25) is 0 Å². The van der Waals surface area contributed by atoms with Crippen LogP contribution >= 0.6 is 0 Å². The molecular formula is C25H26N4O. The van der Waals surface area contributed by atoms with E-state index in [2.05, 4.69) is 46.2 Å². The molecule has 0 saturated carbocycles. The molecule has 2 fully saturated rings. The number of hydrogen-bond donors (Lipinski definition) is 0. The molecule has 152 valence electrons. The minimum Gasteiger partial charge on any atom is -0.300 e. The monoisotopic (exact) mass is 398 g/mol. The third-order valence-electron chi connectivity index (χ3n) is 6.58. The van der Waals surface area contributed by atoms with Gasteiger partial charge in [-0.25, -0.2) is 0 Å². The number of hydrogen-bond acceptors (Lipinski definition) is 5. The summed E-state index contributed by atoms with van der Waals surface area (Å²) in [5.41, 5.74) is 0.717. The number of piperidine rings is 2. The van der Waals surface area contributed by atoms with E-state index >= 15 is 0 Å². The number of carbonyl (C=O) groups excluding carboxylic acids is 1. The molecule has 0 N–H and O–H groups in total. The summed E-state index contributed by atoms with van der Waals surface area (Å²) >= 11 is 0. The largest absolute Gasteiger partial charge is 0.300 e. The van der Waals surface area contributed by atoms with E-state index < -0.39 is 10.8 Å². The zero-order valence-electron chi connectivity index (χ0n) is 17.1. The SMILES string of the molecule is N#CCCN1CC2(c3ccccc3)CN(CCC#N)CC(c3ccccc3)(C1)C2=O. The van der Waals surface area contributed by atoms with Crippen LogP contribution in [0.4, 0.5) is 0 Å². The zero-order chi connectivity index (χ0) is 21.0. The predicted octanol–water partition coefficient (Wildman–Crippen LogP) is 2.89. The van der Waals surface area contributed by atoms with Crippen LogP contribution in [-0.4, -0.2) is 54.9 Å². The van der Waals surface area contributed by atoms with Gasteiger partial charge in [-0.3, -0.25) is 14.6 Å². The molecule has 0 aliphatic carbocycles. The van der Waals surface area contributed by atoms with Crippen molar-refractivity contribution >= 4 is 5.78 Å². The molecule has 2 heterocycles. The summed E-state index contributed by atoms with van der Waals surface area (Å²) in [6.07, 6.45) is 0.893. The minimum atomic E-state index is -0.668. The fourth-order valence-corrected chi connectivity index (χ4v) is 5.36. The standard InChI is InChI=1S/C25H26N4O/c26-13-7-15-28-17-24(21-9-3-1-4-10-21)18-29(16-8-14-27)20-25(19-28,23(24)30)22-11-5-2-6-12-22/h1-6,9-12H,7-8,15-20H2. The number of nitriles is 2. The van der Waals surface area contributed by atoms with Gasteiger partial charge < -0.3 is 0 Å². The summed E-state index contributed by atoms with van der Waals surface area (Å²) in [6, 6.07) is 24.6. The van der Waals surface area contributed by atoms with E-state index in [4.69, 9.17) is 0 Å². The minimum absolute atomic E-state index is 0.272. The summed E-state index contributed by atoms with van der Waals surface area (Å²) in [6.45, 7) is 3.74. The topological polar surface area (TPSA) is 71.1 Å². The van der Waals surface area contributed by atoms with Crippen LogP contribution in [0.5, 0.6) is 0 Å². The van der Waals surface area contributed by atoms with Gasteiger partial charge in [0.25, 0.3) is 0 Å². The highest BCUT2D eigenvalue weighted by molar-refractivity contribution is 6.01. The van der Waals surface area contributed by atoms with E-state index in [1.54, 1.807) is 0 Å². The third-order valence-corrected chi connectivity index (χ3v) is 6.58. The second kappa shape index (κ2) is 8.40. The molecule has 30 heavy (non-hydrogen) atoms. The van der Waals surface area contributed by atoms with Crippen LogP contribution in [0, 0.1) is 22.7 Å². The van der Waals surface area contributed by atoms with Gasteiger partial charge in [0.05, 0.1) is 23.0 Å². The maximum absolute atomic E-state index is 14.3. The van der Waals surface area contributed by atoms with Gasteiger partial charge in [0.15, 0.2) is 5.78 Å². The summed E-state index contributed by atoms with van der Waals surface area (Å²) < 4.78 is 0. The van der Waals surface area contributed by atoms with Crippen LogP contribution in [-0.2, 0) is 15.6 Å². The number of likely N-dealkylation sites (tertiary alicyclic amines) is 2. The van der Waals surface area contributed by atoms with Crippen molar-refractivity contribution in [2.24, 2.45) is 0 Å². The molecule has 2 aromatic rings. The predicted molar refractivity (Wildman–Crippen MR) is 115 cm³/mol. The zero-order valence-corrected chi connectivity index (χ0v) is 17.1. The van der Waals surface area contributed by atoms with Crippen LogP contribution < -0.4 is 0 Å². The van der Waals surface area contributed by atoms with Crippen molar-refractivity contribution < 1.29 is 4.79 Å². The lowest BCUT2D eigenvalue weighted by molar-refractivity contribution is -0.144. The van der Waals surface area contributed by atoms with E-state index in [0.717, 1.165) is 11.1 Å². The fourth-order valence-electron chi connectivity index (χ4n) is 5.36. The Morgan fingerprint density at radius 3 is 1.40 bits per heavy atom. The number of Topliss-reactive ketones (excluding diaryl/α,β-unsaturated/α-hetero) is 1. The van der Waals surface area contributed by atoms with Gasteiger partial charge >= 0.3 is 0 Å². The molecule has 5 heteroatoms. The lowest BCUT2D eigenvalue weighted by Gasteiger charge is -2.57. The van der Waals surface area contributed by atoms with E-state index in [-0.39, 0.29) is 5.78 Å². The summed E-state index contributed by atoms with van der Waals surface area (Å²) in [5, 5.41) is 18.3. The fraction of sp³-hybridized carbons (Fsp3) is 0.400. The highest BCUT2D eigenvalue weighted by Gasteiger charge is 2.61. The molecular weight excluding hydrogens is 372 g/mol. The quantitative estimate of drug-likeness (QED) is 0.748. The van der Waals surface area contributed by atoms with Gasteiger partial charge in [-0.1, -0.05) is 60.7 Å². The van der Waals surface area contributed by atoms with E-state index in [1.807, 2.05) is 36.4 Å². The van der Waals surface area contributed by atoms with Crippen LogP contribution in [0.15, 0.2) is 60.7 Å². The average Bonchev–Trinajstić information content (AvgIpc) is 2.78. The maximum atomic E-state index is 14.3. The molecule has 0 amide bonds. The Labute approximate surface area is 178 Å². The van der Waals surface area contributed by atoms with Gasteiger partial charge in [-0.05, 0) is 11.1 Å². The molecule has 0 radical (unpaired) electrons. The van der Waals surface area contributed by atoms with Gasteiger partial charge in [-0.15, -0.1) is 0 Å². The first kappa shape index (κ1) is 20.3. The number of ketones is 1. The van der Waals surface area contributed by atoms with Crippen molar-refractivity contribution in [1.29, 1.82) is 10.5 Å². The van der Waals surface area contributed by atoms with Crippen molar-refractivity contribution in [3.05, 3.63) is 71.8 Å². The number of rotatable bonds is 6. The van der Waals surface area contributed by atoms with Gasteiger partial charge in [-0.2, -0.15) is 10.5 Å². The number of carbonyl (C=O) groups is 1. The van der Waals surface area contributed by atoms with E-state index in [9.17, 15) is 15.3 Å². The second-order valence-electron chi connectivity index (χ2n) is 8.46. The highest BCUT2D eigenvalue weighted by atomic mass is 16.1. The smallest absolute Gasteiger partial charge is 0.159 e. The Balaban J connectivity index is 1.86. The van der Waals surface area contributed by atoms with Crippen LogP contribution in [0.25, 0.3) is 0 Å². The highest BCUT2D eigenvalue weighted by Crippen LogP contribution is 2.46. The molecule has 0 atom stereocenters. The first-order valence-corrected chi connectivity index (χ1v) is 10.5. The van der Waals surface area contributed by atoms with Crippen LogP contribution in [0.1, 0.15) is 24.0 Å². The van der Waals surface area contributed by atoms with Crippen molar-refractivity contribution in [3.8, 4) is 12.1 Å². The molecule has 2 bridgehead atoms. The average molecular weight is 399 g/mol. The van der Waals surface area contributed by atoms with Crippen molar-refractivity contribution in [2.45, 2.75) is 23.7 Å². The Bertz CT molecular complexity index is 882. The molecule has 2 saturated heterocycles.